The van der Waals surface area contributed by atoms with Gasteiger partial charge in [0, 0.05) is 11.6 Å². The summed E-state index contributed by atoms with van der Waals surface area (Å²) in [4.78, 5) is 11.4. The Kier molecular flexibility index (Phi) is 2.42. The molecule has 4 fully saturated rings. The topological polar surface area (TPSA) is 38.3 Å². The van der Waals surface area contributed by atoms with Crippen molar-refractivity contribution in [3.8, 4) is 0 Å². The predicted octanol–water partition coefficient (Wildman–Crippen LogP) is 2.48. The summed E-state index contributed by atoms with van der Waals surface area (Å²) in [6.45, 7) is 5.65. The summed E-state index contributed by atoms with van der Waals surface area (Å²) in [5.41, 5.74) is 1.20. The molecule has 104 valence electrons. The predicted molar refractivity (Wildman–Crippen MR) is 72.2 cm³/mol. The molecule has 19 heavy (non-hydrogen) atoms. The van der Waals surface area contributed by atoms with Crippen molar-refractivity contribution < 1.29 is 9.53 Å². The Hall–Kier alpha value is -0.830. The fourth-order valence-electron chi connectivity index (χ4n) is 5.98. The van der Waals surface area contributed by atoms with Crippen molar-refractivity contribution in [3.05, 3.63) is 12.2 Å². The first-order valence-corrected chi connectivity index (χ1v) is 7.70. The van der Waals surface area contributed by atoms with Gasteiger partial charge >= 0.3 is 5.97 Å². The van der Waals surface area contributed by atoms with E-state index >= 15 is 0 Å². The van der Waals surface area contributed by atoms with Gasteiger partial charge in [0.25, 0.3) is 0 Å². The zero-order valence-electron chi connectivity index (χ0n) is 11.7. The average Bonchev–Trinajstić information content (AvgIpc) is 2.54. The molecule has 4 aliphatic carbocycles. The second-order valence-electron chi connectivity index (χ2n) is 7.13. The van der Waals surface area contributed by atoms with Crippen molar-refractivity contribution >= 4 is 5.97 Å². The lowest BCUT2D eigenvalue weighted by atomic mass is 9.33. The highest BCUT2D eigenvalue weighted by molar-refractivity contribution is 5.86. The minimum absolute atomic E-state index is 0.280. The number of nitrogens with one attached hydrogen (secondary N) is 1. The van der Waals surface area contributed by atoms with Gasteiger partial charge in [0.1, 0.15) is 6.73 Å². The molecule has 6 atom stereocenters. The number of hydrogen-bond acceptors (Lipinski definition) is 3. The van der Waals surface area contributed by atoms with Crippen molar-refractivity contribution in [3.63, 3.8) is 0 Å². The van der Waals surface area contributed by atoms with E-state index in [1.54, 1.807) is 6.92 Å². The molecule has 0 aromatic carbocycles. The molecule has 2 bridgehead atoms. The molecule has 6 unspecified atom stereocenters. The first kappa shape index (κ1) is 12.0. The van der Waals surface area contributed by atoms with Gasteiger partial charge in [-0.3, -0.25) is 5.32 Å². The van der Waals surface area contributed by atoms with Gasteiger partial charge in [-0.1, -0.05) is 6.58 Å². The van der Waals surface area contributed by atoms with E-state index < -0.39 is 0 Å². The van der Waals surface area contributed by atoms with E-state index in [0.29, 0.717) is 18.3 Å². The number of rotatable bonds is 4. The van der Waals surface area contributed by atoms with Crippen molar-refractivity contribution in [1.29, 1.82) is 0 Å². The molecule has 4 rings (SSSR count). The maximum absolute atomic E-state index is 11.4. The monoisotopic (exact) mass is 261 g/mol. The van der Waals surface area contributed by atoms with Crippen LogP contribution in [0.25, 0.3) is 0 Å². The summed E-state index contributed by atoms with van der Waals surface area (Å²) in [6.07, 6.45) is 7.21. The Morgan fingerprint density at radius 3 is 2.95 bits per heavy atom. The highest BCUT2D eigenvalue weighted by Crippen LogP contribution is 2.79. The van der Waals surface area contributed by atoms with E-state index in [1.165, 1.54) is 32.1 Å². The van der Waals surface area contributed by atoms with Crippen LogP contribution in [0.15, 0.2) is 12.2 Å². The van der Waals surface area contributed by atoms with Gasteiger partial charge in [0.15, 0.2) is 0 Å². The Balaban J connectivity index is 1.35. The summed E-state index contributed by atoms with van der Waals surface area (Å²) in [6, 6.07) is 0.605. The minimum atomic E-state index is -0.280. The molecule has 1 spiro atoms. The molecule has 0 radical (unpaired) electrons. The Labute approximate surface area is 114 Å². The molecule has 0 aromatic rings. The number of hydrogen-bond donors (Lipinski definition) is 1. The fraction of sp³-hybridized carbons (Fsp3) is 0.812. The van der Waals surface area contributed by atoms with Gasteiger partial charge < -0.3 is 4.74 Å². The molecular formula is C16H23NO2. The minimum Gasteiger partial charge on any atom is -0.446 e. The maximum Gasteiger partial charge on any atom is 0.334 e. The molecular weight excluding hydrogens is 238 g/mol. The summed E-state index contributed by atoms with van der Waals surface area (Å²) in [5, 5.41) is 3.49. The largest absolute Gasteiger partial charge is 0.446 e. The van der Waals surface area contributed by atoms with E-state index in [9.17, 15) is 4.79 Å². The number of ether oxygens (including phenoxy) is 1. The van der Waals surface area contributed by atoms with E-state index in [4.69, 9.17) is 4.74 Å². The Bertz CT molecular complexity index is 446. The molecule has 0 saturated heterocycles. The number of carbonyl (C=O) groups is 1. The van der Waals surface area contributed by atoms with E-state index in [1.807, 2.05) is 0 Å². The van der Waals surface area contributed by atoms with Gasteiger partial charge in [0.2, 0.25) is 0 Å². The summed E-state index contributed by atoms with van der Waals surface area (Å²) >= 11 is 0. The second kappa shape index (κ2) is 3.85. The van der Waals surface area contributed by atoms with Gasteiger partial charge in [-0.25, -0.2) is 4.79 Å². The zero-order valence-corrected chi connectivity index (χ0v) is 11.7. The van der Waals surface area contributed by atoms with Crippen molar-refractivity contribution in [2.45, 2.75) is 45.1 Å². The van der Waals surface area contributed by atoms with Crippen LogP contribution in [0.3, 0.4) is 0 Å². The third kappa shape index (κ3) is 1.35. The van der Waals surface area contributed by atoms with E-state index in [-0.39, 0.29) is 5.97 Å². The molecule has 3 nitrogen and oxygen atoms in total. The second-order valence-corrected chi connectivity index (χ2v) is 7.13. The molecule has 4 aliphatic rings. The van der Waals surface area contributed by atoms with Crippen LogP contribution >= 0.6 is 0 Å². The summed E-state index contributed by atoms with van der Waals surface area (Å²) in [5.74, 6) is 3.55. The Morgan fingerprint density at radius 2 is 2.16 bits per heavy atom. The zero-order chi connectivity index (χ0) is 13.2. The van der Waals surface area contributed by atoms with Crippen LogP contribution in [0.1, 0.15) is 39.0 Å². The third-order valence-electron chi connectivity index (χ3n) is 6.68. The highest BCUT2D eigenvalue weighted by Gasteiger charge is 2.75. The standard InChI is InChI=1S/C16H23NO2/c1-9(2)15(18)19-8-17-14-11-4-3-10-5-6-16(11)12(10)7-13(14)16/h10-14,17H,1,3-8H2,2H3. The molecule has 0 aromatic heterocycles. The van der Waals surface area contributed by atoms with Crippen molar-refractivity contribution in [2.24, 2.45) is 29.1 Å². The van der Waals surface area contributed by atoms with Crippen LogP contribution in [-0.4, -0.2) is 18.7 Å². The Morgan fingerprint density at radius 1 is 1.32 bits per heavy atom. The summed E-state index contributed by atoms with van der Waals surface area (Å²) < 4.78 is 5.18. The van der Waals surface area contributed by atoms with E-state index in [2.05, 4.69) is 11.9 Å². The van der Waals surface area contributed by atoms with Gasteiger partial charge in [-0.15, -0.1) is 0 Å². The van der Waals surface area contributed by atoms with Crippen LogP contribution in [0.2, 0.25) is 0 Å². The van der Waals surface area contributed by atoms with Crippen molar-refractivity contribution in [2.75, 3.05) is 6.73 Å². The third-order valence-corrected chi connectivity index (χ3v) is 6.68. The van der Waals surface area contributed by atoms with Crippen LogP contribution in [0, 0.1) is 29.1 Å². The van der Waals surface area contributed by atoms with E-state index in [0.717, 1.165) is 29.1 Å². The molecule has 0 amide bonds. The van der Waals surface area contributed by atoms with Crippen LogP contribution in [-0.2, 0) is 9.53 Å². The molecule has 0 heterocycles. The SMILES string of the molecule is C=C(C)C(=O)OCNC1C2CCC3CCC24C3CC14. The normalized spacial score (nSPS) is 48.8. The summed E-state index contributed by atoms with van der Waals surface area (Å²) in [7, 11) is 0. The number of esters is 1. The highest BCUT2D eigenvalue weighted by atomic mass is 16.5. The lowest BCUT2D eigenvalue weighted by Crippen LogP contribution is -2.75. The number of carbonyl (C=O) groups excluding carboxylic acids is 1. The molecule has 1 N–H and O–H groups in total. The van der Waals surface area contributed by atoms with Gasteiger partial charge in [-0.05, 0) is 68.1 Å². The molecule has 3 heteroatoms. The maximum atomic E-state index is 11.4. The quantitative estimate of drug-likeness (QED) is 0.480. The van der Waals surface area contributed by atoms with Gasteiger partial charge in [-0.2, -0.15) is 0 Å². The molecule has 4 saturated carbocycles. The van der Waals surface area contributed by atoms with Crippen LogP contribution in [0.5, 0.6) is 0 Å². The average molecular weight is 261 g/mol. The lowest BCUT2D eigenvalue weighted by Gasteiger charge is -2.74. The smallest absolute Gasteiger partial charge is 0.334 e. The van der Waals surface area contributed by atoms with Gasteiger partial charge in [0.05, 0.1) is 0 Å². The lowest BCUT2D eigenvalue weighted by molar-refractivity contribution is -0.239. The van der Waals surface area contributed by atoms with Crippen LogP contribution < -0.4 is 5.32 Å². The molecule has 0 aliphatic heterocycles. The van der Waals surface area contributed by atoms with Crippen LogP contribution in [0.4, 0.5) is 0 Å². The first-order valence-electron chi connectivity index (χ1n) is 7.70. The first-order chi connectivity index (χ1) is 9.14. The van der Waals surface area contributed by atoms with Crippen molar-refractivity contribution in [1.82, 2.24) is 5.32 Å². The fourth-order valence-corrected chi connectivity index (χ4v) is 5.98.